The van der Waals surface area contributed by atoms with Crippen LogP contribution in [0, 0.1) is 5.92 Å². The number of hydrogen-bond donors (Lipinski definition) is 0. The number of ether oxygens (including phenoxy) is 2. The van der Waals surface area contributed by atoms with Gasteiger partial charge in [0, 0.05) is 25.2 Å². The van der Waals surface area contributed by atoms with Gasteiger partial charge in [-0.25, -0.2) is 0 Å². The van der Waals surface area contributed by atoms with Crippen molar-refractivity contribution in [3.8, 4) is 11.5 Å². The summed E-state index contributed by atoms with van der Waals surface area (Å²) >= 11 is 0. The Hall–Kier alpha value is -1.75. The van der Waals surface area contributed by atoms with Crippen molar-refractivity contribution in [3.63, 3.8) is 0 Å². The van der Waals surface area contributed by atoms with Gasteiger partial charge >= 0.3 is 0 Å². The van der Waals surface area contributed by atoms with Crippen molar-refractivity contribution < 1.29 is 14.3 Å². The summed E-state index contributed by atoms with van der Waals surface area (Å²) < 4.78 is 11.2. The highest BCUT2D eigenvalue weighted by molar-refractivity contribution is 5.97. The van der Waals surface area contributed by atoms with Gasteiger partial charge in [0.05, 0.1) is 19.3 Å². The first-order valence-electron chi connectivity index (χ1n) is 9.44. The molecule has 0 aliphatic carbocycles. The SMILES string of the molecule is CCCOc1cc(OC)ccc1C(=O)N1CCCC2CN(C)CCC21. The smallest absolute Gasteiger partial charge is 0.257 e. The van der Waals surface area contributed by atoms with Crippen LogP contribution >= 0.6 is 0 Å². The van der Waals surface area contributed by atoms with E-state index in [1.165, 1.54) is 6.42 Å². The van der Waals surface area contributed by atoms with Gasteiger partial charge < -0.3 is 19.3 Å². The molecule has 1 aromatic rings. The molecule has 2 saturated heterocycles. The van der Waals surface area contributed by atoms with Crippen LogP contribution in [-0.2, 0) is 0 Å². The quantitative estimate of drug-likeness (QED) is 0.822. The number of rotatable bonds is 5. The van der Waals surface area contributed by atoms with Gasteiger partial charge in [-0.05, 0) is 57.3 Å². The van der Waals surface area contributed by atoms with Gasteiger partial charge in [0.2, 0.25) is 0 Å². The minimum atomic E-state index is 0.105. The topological polar surface area (TPSA) is 42.0 Å². The van der Waals surface area contributed by atoms with Crippen LogP contribution in [0.5, 0.6) is 11.5 Å². The summed E-state index contributed by atoms with van der Waals surface area (Å²) in [7, 11) is 3.81. The van der Waals surface area contributed by atoms with Crippen molar-refractivity contribution in [2.24, 2.45) is 5.92 Å². The summed E-state index contributed by atoms with van der Waals surface area (Å²) in [5.74, 6) is 2.06. The largest absolute Gasteiger partial charge is 0.497 e. The zero-order chi connectivity index (χ0) is 17.8. The van der Waals surface area contributed by atoms with E-state index in [0.29, 0.717) is 29.9 Å². The van der Waals surface area contributed by atoms with Crippen LogP contribution in [0.2, 0.25) is 0 Å². The van der Waals surface area contributed by atoms with Crippen molar-refractivity contribution in [1.82, 2.24) is 9.80 Å². The standard InChI is InChI=1S/C20H30N2O3/c1-4-12-25-19-13-16(24-3)7-8-17(19)20(23)22-10-5-6-15-14-21(2)11-9-18(15)22/h7-8,13,15,18H,4-6,9-12,14H2,1-3H3. The summed E-state index contributed by atoms with van der Waals surface area (Å²) in [6, 6.07) is 5.89. The third-order valence-electron chi connectivity index (χ3n) is 5.41. The minimum absolute atomic E-state index is 0.105. The van der Waals surface area contributed by atoms with E-state index in [1.54, 1.807) is 7.11 Å². The number of benzene rings is 1. The molecule has 3 rings (SSSR count). The fourth-order valence-corrected chi connectivity index (χ4v) is 4.13. The molecule has 2 aliphatic rings. The summed E-state index contributed by atoms with van der Waals surface area (Å²) in [6.45, 7) is 5.67. The van der Waals surface area contributed by atoms with Crippen LogP contribution in [0.15, 0.2) is 18.2 Å². The van der Waals surface area contributed by atoms with E-state index in [0.717, 1.165) is 44.6 Å². The molecule has 0 saturated carbocycles. The average Bonchev–Trinajstić information content (AvgIpc) is 2.64. The number of hydrogen-bond acceptors (Lipinski definition) is 4. The predicted molar refractivity (Wildman–Crippen MR) is 98.4 cm³/mol. The number of amides is 1. The average molecular weight is 346 g/mol. The van der Waals surface area contributed by atoms with Crippen LogP contribution in [0.3, 0.4) is 0 Å². The fourth-order valence-electron chi connectivity index (χ4n) is 4.13. The minimum Gasteiger partial charge on any atom is -0.497 e. The van der Waals surface area contributed by atoms with Crippen LogP contribution in [0.4, 0.5) is 0 Å². The molecule has 0 spiro atoms. The lowest BCUT2D eigenvalue weighted by Gasteiger charge is -2.46. The van der Waals surface area contributed by atoms with Crippen LogP contribution in [-0.4, -0.2) is 62.1 Å². The molecule has 0 N–H and O–H groups in total. The first-order chi connectivity index (χ1) is 12.1. The van der Waals surface area contributed by atoms with Crippen molar-refractivity contribution in [2.75, 3.05) is 40.4 Å². The Bertz CT molecular complexity index is 605. The van der Waals surface area contributed by atoms with Gasteiger partial charge in [-0.15, -0.1) is 0 Å². The molecule has 1 aromatic carbocycles. The van der Waals surface area contributed by atoms with Crippen molar-refractivity contribution in [3.05, 3.63) is 23.8 Å². The Morgan fingerprint density at radius 3 is 2.88 bits per heavy atom. The Labute approximate surface area is 150 Å². The molecule has 0 aromatic heterocycles. The molecule has 0 radical (unpaired) electrons. The van der Waals surface area contributed by atoms with Crippen LogP contribution < -0.4 is 9.47 Å². The van der Waals surface area contributed by atoms with E-state index in [1.807, 2.05) is 18.2 Å². The third kappa shape index (κ3) is 3.92. The van der Waals surface area contributed by atoms with E-state index in [2.05, 4.69) is 23.8 Å². The number of methoxy groups -OCH3 is 1. The molecule has 5 nitrogen and oxygen atoms in total. The summed E-state index contributed by atoms with van der Waals surface area (Å²) in [6.07, 6.45) is 4.28. The molecule has 138 valence electrons. The lowest BCUT2D eigenvalue weighted by Crippen LogP contribution is -2.55. The maximum Gasteiger partial charge on any atom is 0.257 e. The van der Waals surface area contributed by atoms with E-state index in [4.69, 9.17) is 9.47 Å². The molecular formula is C20H30N2O3. The monoisotopic (exact) mass is 346 g/mol. The normalized spacial score (nSPS) is 23.9. The van der Waals surface area contributed by atoms with Gasteiger partial charge in [0.15, 0.2) is 0 Å². The Morgan fingerprint density at radius 1 is 1.28 bits per heavy atom. The maximum absolute atomic E-state index is 13.3. The van der Waals surface area contributed by atoms with E-state index in [-0.39, 0.29) is 5.91 Å². The number of carbonyl (C=O) groups is 1. The van der Waals surface area contributed by atoms with E-state index in [9.17, 15) is 4.79 Å². The Balaban J connectivity index is 1.84. The highest BCUT2D eigenvalue weighted by atomic mass is 16.5. The number of carbonyl (C=O) groups excluding carboxylic acids is 1. The second-order valence-corrected chi connectivity index (χ2v) is 7.23. The second kappa shape index (κ2) is 8.09. The predicted octanol–water partition coefficient (Wildman–Crippen LogP) is 3.04. The van der Waals surface area contributed by atoms with Crippen molar-refractivity contribution in [1.29, 1.82) is 0 Å². The van der Waals surface area contributed by atoms with Gasteiger partial charge in [-0.1, -0.05) is 6.92 Å². The number of fused-ring (bicyclic) bond motifs is 1. The fraction of sp³-hybridized carbons (Fsp3) is 0.650. The van der Waals surface area contributed by atoms with Gasteiger partial charge in [0.25, 0.3) is 5.91 Å². The molecule has 0 bridgehead atoms. The lowest BCUT2D eigenvalue weighted by molar-refractivity contribution is 0.0251. The van der Waals surface area contributed by atoms with Crippen molar-refractivity contribution >= 4 is 5.91 Å². The zero-order valence-electron chi connectivity index (χ0n) is 15.7. The molecule has 2 aliphatic heterocycles. The molecular weight excluding hydrogens is 316 g/mol. The van der Waals surface area contributed by atoms with Crippen LogP contribution in [0.25, 0.3) is 0 Å². The van der Waals surface area contributed by atoms with Gasteiger partial charge in [-0.2, -0.15) is 0 Å². The first-order valence-corrected chi connectivity index (χ1v) is 9.44. The van der Waals surface area contributed by atoms with Gasteiger partial charge in [-0.3, -0.25) is 4.79 Å². The van der Waals surface area contributed by atoms with E-state index >= 15 is 0 Å². The summed E-state index contributed by atoms with van der Waals surface area (Å²) in [4.78, 5) is 17.8. The molecule has 2 unspecified atom stereocenters. The Kier molecular flexibility index (Phi) is 5.84. The van der Waals surface area contributed by atoms with Gasteiger partial charge in [0.1, 0.15) is 11.5 Å². The first kappa shape index (κ1) is 18.1. The molecule has 1 amide bonds. The van der Waals surface area contributed by atoms with Crippen LogP contribution in [0.1, 0.15) is 43.0 Å². The molecule has 2 atom stereocenters. The highest BCUT2D eigenvalue weighted by Crippen LogP contribution is 2.33. The molecule has 2 fully saturated rings. The third-order valence-corrected chi connectivity index (χ3v) is 5.41. The lowest BCUT2D eigenvalue weighted by atomic mass is 9.83. The number of nitrogens with zero attached hydrogens (tertiary/aromatic N) is 2. The zero-order valence-corrected chi connectivity index (χ0v) is 15.7. The maximum atomic E-state index is 13.3. The van der Waals surface area contributed by atoms with E-state index < -0.39 is 0 Å². The molecule has 5 heteroatoms. The molecule has 2 heterocycles. The second-order valence-electron chi connectivity index (χ2n) is 7.23. The molecule has 25 heavy (non-hydrogen) atoms. The van der Waals surface area contributed by atoms with Crippen molar-refractivity contribution in [2.45, 2.75) is 38.6 Å². The summed E-state index contributed by atoms with van der Waals surface area (Å²) in [5, 5.41) is 0. The summed E-state index contributed by atoms with van der Waals surface area (Å²) in [5.41, 5.74) is 0.661. The Morgan fingerprint density at radius 2 is 2.12 bits per heavy atom. The number of likely N-dealkylation sites (tertiary alicyclic amines) is 2. The highest BCUT2D eigenvalue weighted by Gasteiger charge is 2.38. The number of piperidine rings is 2.